The molecule has 0 aromatic carbocycles. The Kier molecular flexibility index (Phi) is 8.25. The van der Waals surface area contributed by atoms with Gasteiger partial charge in [-0.25, -0.2) is 4.39 Å². The van der Waals surface area contributed by atoms with Gasteiger partial charge in [0.15, 0.2) is 0 Å². The van der Waals surface area contributed by atoms with Crippen molar-refractivity contribution in [3.05, 3.63) is 0 Å². The molecular weight excluding hydrogens is 409 g/mol. The van der Waals surface area contributed by atoms with E-state index in [2.05, 4.69) is 21.2 Å². The molecular formula is C17H29BrFN3O4. The first-order valence-corrected chi connectivity index (χ1v) is 10.1. The van der Waals surface area contributed by atoms with E-state index in [-0.39, 0.29) is 24.0 Å². The summed E-state index contributed by atoms with van der Waals surface area (Å²) in [5.41, 5.74) is 6.30. The second kappa shape index (κ2) is 9.96. The minimum absolute atomic E-state index is 0.214. The smallest absolute Gasteiger partial charge is 0.325 e. The van der Waals surface area contributed by atoms with Crippen LogP contribution in [-0.4, -0.2) is 72.4 Å². The number of carbonyl (C=O) groups is 2. The molecule has 9 heteroatoms. The largest absolute Gasteiger partial charge is 0.465 e. The Labute approximate surface area is 162 Å². The number of nitrogens with zero attached hydrogens (tertiary/aromatic N) is 1. The van der Waals surface area contributed by atoms with Crippen molar-refractivity contribution < 1.29 is 23.5 Å². The van der Waals surface area contributed by atoms with E-state index < -0.39 is 36.2 Å². The molecule has 1 aliphatic carbocycles. The van der Waals surface area contributed by atoms with Crippen LogP contribution in [0.4, 0.5) is 4.39 Å². The average molecular weight is 438 g/mol. The second-order valence-electron chi connectivity index (χ2n) is 6.81. The highest BCUT2D eigenvalue weighted by atomic mass is 79.9. The van der Waals surface area contributed by atoms with Crippen molar-refractivity contribution >= 4 is 27.9 Å². The van der Waals surface area contributed by atoms with Crippen molar-refractivity contribution in [1.82, 2.24) is 10.2 Å². The average Bonchev–Trinajstić information content (AvgIpc) is 3.01. The van der Waals surface area contributed by atoms with Gasteiger partial charge < -0.3 is 15.2 Å². The lowest BCUT2D eigenvalue weighted by Gasteiger charge is -2.36. The van der Waals surface area contributed by atoms with Gasteiger partial charge in [-0.05, 0) is 33.1 Å². The highest BCUT2D eigenvalue weighted by Gasteiger charge is 2.46. The van der Waals surface area contributed by atoms with Crippen molar-refractivity contribution in [3.63, 3.8) is 0 Å². The number of carbonyl (C=O) groups excluding carboxylic acids is 2. The van der Waals surface area contributed by atoms with Crippen molar-refractivity contribution in [2.75, 3.05) is 26.4 Å². The SMILES string of the molecule is CCOC(=O)C1NCN(CC(N)C2CC(Br)CCC2F)C1C(=O)OCC. The van der Waals surface area contributed by atoms with Gasteiger partial charge in [0, 0.05) is 30.0 Å². The van der Waals surface area contributed by atoms with Gasteiger partial charge in [0.2, 0.25) is 0 Å². The van der Waals surface area contributed by atoms with Crippen LogP contribution in [0.2, 0.25) is 0 Å². The van der Waals surface area contributed by atoms with Crippen molar-refractivity contribution in [3.8, 4) is 0 Å². The molecule has 0 radical (unpaired) electrons. The van der Waals surface area contributed by atoms with E-state index in [9.17, 15) is 14.0 Å². The van der Waals surface area contributed by atoms with Crippen LogP contribution in [0.1, 0.15) is 33.1 Å². The summed E-state index contributed by atoms with van der Waals surface area (Å²) in [4.78, 5) is 26.6. The number of nitrogens with one attached hydrogen (secondary N) is 1. The summed E-state index contributed by atoms with van der Waals surface area (Å²) in [5.74, 6) is -1.28. The zero-order valence-corrected chi connectivity index (χ0v) is 16.9. The molecule has 0 bridgehead atoms. The quantitative estimate of drug-likeness (QED) is 0.452. The summed E-state index contributed by atoms with van der Waals surface area (Å²) in [6.07, 6.45) is 0.997. The predicted octanol–water partition coefficient (Wildman–Crippen LogP) is 0.942. The molecule has 1 heterocycles. The zero-order valence-electron chi connectivity index (χ0n) is 15.3. The monoisotopic (exact) mass is 437 g/mol. The number of alkyl halides is 2. The number of rotatable bonds is 7. The molecule has 6 atom stereocenters. The molecule has 150 valence electrons. The fourth-order valence-electron chi connectivity index (χ4n) is 3.74. The van der Waals surface area contributed by atoms with Crippen molar-refractivity contribution in [2.24, 2.45) is 11.7 Å². The van der Waals surface area contributed by atoms with Crippen LogP contribution in [0.5, 0.6) is 0 Å². The van der Waals surface area contributed by atoms with Crippen LogP contribution in [0.15, 0.2) is 0 Å². The van der Waals surface area contributed by atoms with Crippen molar-refractivity contribution in [2.45, 2.75) is 62.2 Å². The Balaban J connectivity index is 2.07. The molecule has 1 saturated carbocycles. The van der Waals surface area contributed by atoms with Crippen LogP contribution in [0.25, 0.3) is 0 Å². The number of ether oxygens (including phenoxy) is 2. The van der Waals surface area contributed by atoms with Crippen LogP contribution in [-0.2, 0) is 19.1 Å². The Bertz CT molecular complexity index is 499. The zero-order chi connectivity index (χ0) is 19.3. The Morgan fingerprint density at radius 1 is 1.27 bits per heavy atom. The van der Waals surface area contributed by atoms with Gasteiger partial charge in [0.05, 0.1) is 13.2 Å². The van der Waals surface area contributed by atoms with E-state index in [0.29, 0.717) is 26.1 Å². The molecule has 1 aliphatic heterocycles. The fourth-order valence-corrected chi connectivity index (χ4v) is 4.43. The summed E-state index contributed by atoms with van der Waals surface area (Å²) in [6, 6.07) is -2.07. The molecule has 2 fully saturated rings. The third-order valence-electron chi connectivity index (χ3n) is 5.04. The molecule has 2 rings (SSSR count). The normalized spacial score (nSPS) is 33.7. The van der Waals surface area contributed by atoms with Gasteiger partial charge in [0.1, 0.15) is 18.3 Å². The lowest BCUT2D eigenvalue weighted by Crippen LogP contribution is -2.53. The van der Waals surface area contributed by atoms with E-state index in [1.54, 1.807) is 18.7 Å². The minimum atomic E-state index is -0.948. The van der Waals surface area contributed by atoms with E-state index in [4.69, 9.17) is 15.2 Å². The highest BCUT2D eigenvalue weighted by molar-refractivity contribution is 9.09. The topological polar surface area (TPSA) is 93.9 Å². The third kappa shape index (κ3) is 5.15. The first kappa shape index (κ1) is 21.5. The summed E-state index contributed by atoms with van der Waals surface area (Å²) in [7, 11) is 0. The summed E-state index contributed by atoms with van der Waals surface area (Å²) in [6.45, 7) is 4.46. The molecule has 6 unspecified atom stereocenters. The third-order valence-corrected chi connectivity index (χ3v) is 5.87. The van der Waals surface area contributed by atoms with Crippen LogP contribution < -0.4 is 11.1 Å². The van der Waals surface area contributed by atoms with E-state index >= 15 is 0 Å². The molecule has 3 N–H and O–H groups in total. The van der Waals surface area contributed by atoms with Gasteiger partial charge in [-0.2, -0.15) is 0 Å². The molecule has 26 heavy (non-hydrogen) atoms. The lowest BCUT2D eigenvalue weighted by molar-refractivity contribution is -0.155. The van der Waals surface area contributed by atoms with E-state index in [1.807, 2.05) is 0 Å². The van der Waals surface area contributed by atoms with E-state index in [1.165, 1.54) is 0 Å². The van der Waals surface area contributed by atoms with Crippen molar-refractivity contribution in [1.29, 1.82) is 0 Å². The summed E-state index contributed by atoms with van der Waals surface area (Å²) >= 11 is 3.56. The molecule has 2 aliphatic rings. The lowest BCUT2D eigenvalue weighted by atomic mass is 9.82. The van der Waals surface area contributed by atoms with Gasteiger partial charge >= 0.3 is 11.9 Å². The molecule has 0 amide bonds. The maximum absolute atomic E-state index is 14.3. The molecule has 0 spiro atoms. The summed E-state index contributed by atoms with van der Waals surface area (Å²) in [5, 5.41) is 3.00. The standard InChI is InChI=1S/C17H29BrFN3O4/c1-3-25-16(23)14-15(17(24)26-4-2)22(9-21-14)8-13(20)11-7-10(18)5-6-12(11)19/h10-15,21H,3-9,20H2,1-2H3. The van der Waals surface area contributed by atoms with Gasteiger partial charge in [-0.3, -0.25) is 19.8 Å². The molecule has 0 aromatic heterocycles. The Morgan fingerprint density at radius 3 is 2.58 bits per heavy atom. The van der Waals surface area contributed by atoms with Gasteiger partial charge in [-0.1, -0.05) is 15.9 Å². The maximum Gasteiger partial charge on any atom is 0.325 e. The van der Waals surface area contributed by atoms with E-state index in [0.717, 1.165) is 6.42 Å². The molecule has 1 saturated heterocycles. The van der Waals surface area contributed by atoms with Gasteiger partial charge in [0.25, 0.3) is 0 Å². The Morgan fingerprint density at radius 2 is 1.92 bits per heavy atom. The fraction of sp³-hybridized carbons (Fsp3) is 0.882. The van der Waals surface area contributed by atoms with Crippen LogP contribution in [0.3, 0.4) is 0 Å². The first-order valence-electron chi connectivity index (χ1n) is 9.23. The number of halogens is 2. The number of nitrogens with two attached hydrogens (primary N) is 1. The highest BCUT2D eigenvalue weighted by Crippen LogP contribution is 2.33. The van der Waals surface area contributed by atoms with Gasteiger partial charge in [-0.15, -0.1) is 0 Å². The Hall–Kier alpha value is -0.770. The van der Waals surface area contributed by atoms with Crippen LogP contribution >= 0.6 is 15.9 Å². The predicted molar refractivity (Wildman–Crippen MR) is 98.5 cm³/mol. The minimum Gasteiger partial charge on any atom is -0.465 e. The number of hydrogen-bond acceptors (Lipinski definition) is 7. The molecule has 7 nitrogen and oxygen atoms in total. The number of hydrogen-bond donors (Lipinski definition) is 2. The van der Waals surface area contributed by atoms with Crippen LogP contribution in [0, 0.1) is 5.92 Å². The molecule has 0 aromatic rings. The second-order valence-corrected chi connectivity index (χ2v) is 8.11. The summed E-state index contributed by atoms with van der Waals surface area (Å²) < 4.78 is 24.5. The maximum atomic E-state index is 14.3. The number of esters is 2. The first-order chi connectivity index (χ1) is 12.4.